The zero-order valence-corrected chi connectivity index (χ0v) is 9.61. The number of aromatic nitrogens is 2. The molecule has 0 unspecified atom stereocenters. The number of hydrogen-bond donors (Lipinski definition) is 1. The van der Waals surface area contributed by atoms with E-state index >= 15 is 0 Å². The molecule has 2 N–H and O–H groups in total. The summed E-state index contributed by atoms with van der Waals surface area (Å²) in [6.07, 6.45) is -0.900. The molecule has 1 aromatic heterocycles. The summed E-state index contributed by atoms with van der Waals surface area (Å²) in [5.74, 6) is 0.467. The zero-order chi connectivity index (χ0) is 12.6. The first-order chi connectivity index (χ1) is 8.00. The summed E-state index contributed by atoms with van der Waals surface area (Å²) in [7, 11) is 1.71. The minimum Gasteiger partial charge on any atom is -0.383 e. The zero-order valence-electron chi connectivity index (χ0n) is 9.61. The second kappa shape index (κ2) is 4.16. The number of nitrogens with zero attached hydrogens (tertiary/aromatic N) is 2. The van der Waals surface area contributed by atoms with Gasteiger partial charge in [-0.3, -0.25) is 4.68 Å². The van der Waals surface area contributed by atoms with Crippen LogP contribution in [0.4, 0.5) is 14.6 Å². The monoisotopic (exact) mass is 237 g/mol. The van der Waals surface area contributed by atoms with E-state index in [2.05, 4.69) is 5.10 Å². The van der Waals surface area contributed by atoms with Gasteiger partial charge in [0, 0.05) is 18.2 Å². The van der Waals surface area contributed by atoms with Crippen molar-refractivity contribution in [3.8, 4) is 11.1 Å². The third kappa shape index (κ3) is 2.00. The van der Waals surface area contributed by atoms with E-state index in [1.165, 1.54) is 10.7 Å². The normalized spacial score (nSPS) is 11.1. The number of halogens is 2. The van der Waals surface area contributed by atoms with Crippen LogP contribution in [0.25, 0.3) is 11.1 Å². The van der Waals surface area contributed by atoms with Crippen molar-refractivity contribution in [1.82, 2.24) is 9.78 Å². The molecule has 0 radical (unpaired) electrons. The molecule has 2 aromatic rings. The molecule has 0 aliphatic carbocycles. The molecule has 0 aliphatic rings. The first-order valence-electron chi connectivity index (χ1n) is 5.17. The lowest BCUT2D eigenvalue weighted by Crippen LogP contribution is -1.98. The van der Waals surface area contributed by atoms with Gasteiger partial charge in [-0.15, -0.1) is 0 Å². The molecule has 17 heavy (non-hydrogen) atoms. The van der Waals surface area contributed by atoms with Crippen LogP contribution in [0.2, 0.25) is 0 Å². The van der Waals surface area contributed by atoms with Crippen molar-refractivity contribution >= 4 is 5.82 Å². The van der Waals surface area contributed by atoms with Crippen LogP contribution in [0.1, 0.15) is 17.6 Å². The average Bonchev–Trinajstić information content (AvgIpc) is 2.60. The predicted molar refractivity (Wildman–Crippen MR) is 62.8 cm³/mol. The Morgan fingerprint density at radius 3 is 2.59 bits per heavy atom. The smallest absolute Gasteiger partial charge is 0.264 e. The predicted octanol–water partition coefficient (Wildman–Crippen LogP) is 2.92. The van der Waals surface area contributed by atoms with Crippen LogP contribution in [0.15, 0.2) is 24.4 Å². The number of aryl methyl sites for hydroxylation is 2. The maximum atomic E-state index is 12.8. The third-order valence-electron chi connectivity index (χ3n) is 2.81. The van der Waals surface area contributed by atoms with Gasteiger partial charge in [0.2, 0.25) is 0 Å². The summed E-state index contributed by atoms with van der Waals surface area (Å²) in [5, 5.41) is 3.99. The van der Waals surface area contributed by atoms with E-state index in [4.69, 9.17) is 5.73 Å². The second-order valence-electron chi connectivity index (χ2n) is 3.94. The second-order valence-corrected chi connectivity index (χ2v) is 3.94. The van der Waals surface area contributed by atoms with Crippen LogP contribution >= 0.6 is 0 Å². The lowest BCUT2D eigenvalue weighted by Gasteiger charge is -2.07. The summed E-state index contributed by atoms with van der Waals surface area (Å²) < 4.78 is 27.1. The fourth-order valence-corrected chi connectivity index (χ4v) is 1.71. The molecule has 0 aliphatic heterocycles. The highest BCUT2D eigenvalue weighted by molar-refractivity contribution is 5.74. The van der Waals surface area contributed by atoms with Crippen LogP contribution < -0.4 is 5.73 Å². The Hall–Kier alpha value is -1.91. The number of nitrogen functional groups attached to an aromatic ring is 1. The van der Waals surface area contributed by atoms with E-state index in [0.717, 1.165) is 0 Å². The number of benzene rings is 1. The van der Waals surface area contributed by atoms with Gasteiger partial charge in [0.1, 0.15) is 5.82 Å². The van der Waals surface area contributed by atoms with Gasteiger partial charge >= 0.3 is 0 Å². The molecule has 1 heterocycles. The molecule has 1 aromatic carbocycles. The molecule has 3 nitrogen and oxygen atoms in total. The lowest BCUT2D eigenvalue weighted by molar-refractivity contribution is 0.150. The summed E-state index contributed by atoms with van der Waals surface area (Å²) in [6, 6.07) is 4.91. The van der Waals surface area contributed by atoms with Crippen molar-refractivity contribution in [2.24, 2.45) is 7.05 Å². The van der Waals surface area contributed by atoms with Gasteiger partial charge in [-0.05, 0) is 24.1 Å². The van der Waals surface area contributed by atoms with Crippen molar-refractivity contribution in [3.05, 3.63) is 35.5 Å². The molecule has 90 valence electrons. The van der Waals surface area contributed by atoms with Gasteiger partial charge in [0.05, 0.1) is 6.20 Å². The van der Waals surface area contributed by atoms with Gasteiger partial charge in [-0.25, -0.2) is 8.78 Å². The van der Waals surface area contributed by atoms with Gasteiger partial charge in [0.15, 0.2) is 0 Å². The first kappa shape index (κ1) is 11.6. The largest absolute Gasteiger partial charge is 0.383 e. The Kier molecular flexibility index (Phi) is 2.83. The number of alkyl halides is 2. The van der Waals surface area contributed by atoms with Gasteiger partial charge in [-0.2, -0.15) is 5.10 Å². The van der Waals surface area contributed by atoms with Gasteiger partial charge in [0.25, 0.3) is 6.43 Å². The van der Waals surface area contributed by atoms with E-state index < -0.39 is 6.43 Å². The molecule has 0 saturated heterocycles. The standard InChI is InChI=1S/C12H13F2N3/c1-7-3-4-8(5-9(7)11(13)14)10-6-16-17(2)12(10)15/h3-6,11H,15H2,1-2H3. The average molecular weight is 237 g/mol. The van der Waals surface area contributed by atoms with E-state index in [-0.39, 0.29) is 5.56 Å². The van der Waals surface area contributed by atoms with Crippen LogP contribution in [-0.2, 0) is 7.05 Å². The molecule has 0 fully saturated rings. The highest BCUT2D eigenvalue weighted by atomic mass is 19.3. The van der Waals surface area contributed by atoms with Crippen molar-refractivity contribution in [2.75, 3.05) is 5.73 Å². The molecule has 0 atom stereocenters. The molecule has 0 spiro atoms. The summed E-state index contributed by atoms with van der Waals surface area (Å²) in [6.45, 7) is 1.66. The fraction of sp³-hybridized carbons (Fsp3) is 0.250. The molecular formula is C12H13F2N3. The number of hydrogen-bond acceptors (Lipinski definition) is 2. The number of nitrogens with two attached hydrogens (primary N) is 1. The van der Waals surface area contributed by atoms with Crippen LogP contribution in [-0.4, -0.2) is 9.78 Å². The first-order valence-corrected chi connectivity index (χ1v) is 5.17. The van der Waals surface area contributed by atoms with Crippen molar-refractivity contribution in [3.63, 3.8) is 0 Å². The Morgan fingerprint density at radius 1 is 1.35 bits per heavy atom. The van der Waals surface area contributed by atoms with Crippen molar-refractivity contribution < 1.29 is 8.78 Å². The highest BCUT2D eigenvalue weighted by Gasteiger charge is 2.14. The fourth-order valence-electron chi connectivity index (χ4n) is 1.71. The molecule has 0 amide bonds. The van der Waals surface area contributed by atoms with Crippen LogP contribution in [0.3, 0.4) is 0 Å². The van der Waals surface area contributed by atoms with Gasteiger partial charge < -0.3 is 5.73 Å². The molecule has 5 heteroatoms. The van der Waals surface area contributed by atoms with E-state index in [1.807, 2.05) is 0 Å². The third-order valence-corrected chi connectivity index (χ3v) is 2.81. The van der Waals surface area contributed by atoms with Gasteiger partial charge in [-0.1, -0.05) is 12.1 Å². The summed E-state index contributed by atoms with van der Waals surface area (Å²) in [4.78, 5) is 0. The Labute approximate surface area is 97.9 Å². The minimum absolute atomic E-state index is 0.0331. The lowest BCUT2D eigenvalue weighted by atomic mass is 10.0. The van der Waals surface area contributed by atoms with E-state index in [1.54, 1.807) is 32.3 Å². The molecule has 0 bridgehead atoms. The maximum absolute atomic E-state index is 12.8. The quantitative estimate of drug-likeness (QED) is 0.872. The van der Waals surface area contributed by atoms with Crippen LogP contribution in [0.5, 0.6) is 0 Å². The Balaban J connectivity index is 2.54. The molecule has 0 saturated carbocycles. The number of rotatable bonds is 2. The SMILES string of the molecule is Cc1ccc(-c2cnn(C)c2N)cc1C(F)F. The molecule has 2 rings (SSSR count). The van der Waals surface area contributed by atoms with Crippen LogP contribution in [0, 0.1) is 6.92 Å². The maximum Gasteiger partial charge on any atom is 0.264 e. The topological polar surface area (TPSA) is 43.8 Å². The summed E-state index contributed by atoms with van der Waals surface area (Å²) >= 11 is 0. The molecular weight excluding hydrogens is 224 g/mol. The number of anilines is 1. The summed E-state index contributed by atoms with van der Waals surface area (Å²) in [5.41, 5.74) is 7.76. The Bertz CT molecular complexity index is 547. The Morgan fingerprint density at radius 2 is 2.06 bits per heavy atom. The van der Waals surface area contributed by atoms with E-state index in [0.29, 0.717) is 22.5 Å². The minimum atomic E-state index is -2.48. The van der Waals surface area contributed by atoms with Crippen molar-refractivity contribution in [2.45, 2.75) is 13.3 Å². The highest BCUT2D eigenvalue weighted by Crippen LogP contribution is 2.30. The van der Waals surface area contributed by atoms with E-state index in [9.17, 15) is 8.78 Å². The van der Waals surface area contributed by atoms with Crippen molar-refractivity contribution in [1.29, 1.82) is 0 Å².